The number of benzene rings is 1. The Labute approximate surface area is 107 Å². The van der Waals surface area contributed by atoms with E-state index in [1.54, 1.807) is 6.20 Å². The van der Waals surface area contributed by atoms with Crippen molar-refractivity contribution in [3.63, 3.8) is 0 Å². The number of rotatable bonds is 4. The number of unbranched alkanes of at least 4 members (excludes halogenated alkanes) is 1. The van der Waals surface area contributed by atoms with E-state index in [0.717, 1.165) is 17.7 Å². The molecule has 0 aliphatic heterocycles. The molecule has 1 aromatic carbocycles. The summed E-state index contributed by atoms with van der Waals surface area (Å²) < 4.78 is 0. The molecule has 0 saturated carbocycles. The predicted octanol–water partition coefficient (Wildman–Crippen LogP) is 4.14. The van der Waals surface area contributed by atoms with E-state index in [-0.39, 0.29) is 5.28 Å². The van der Waals surface area contributed by atoms with Gasteiger partial charge in [-0.15, -0.1) is 0 Å². The minimum Gasteiger partial charge on any atom is -0.226 e. The molecular weight excluding hydrogens is 232 g/mol. The second-order valence-corrected chi connectivity index (χ2v) is 4.35. The number of hydrogen-bond donors (Lipinski definition) is 0. The third-order valence-electron chi connectivity index (χ3n) is 2.69. The van der Waals surface area contributed by atoms with Gasteiger partial charge < -0.3 is 0 Å². The highest BCUT2D eigenvalue weighted by Gasteiger charge is 2.00. The molecule has 0 amide bonds. The van der Waals surface area contributed by atoms with Gasteiger partial charge in [0.2, 0.25) is 5.28 Å². The van der Waals surface area contributed by atoms with Crippen LogP contribution in [-0.4, -0.2) is 9.97 Å². The van der Waals surface area contributed by atoms with Crippen molar-refractivity contribution < 1.29 is 0 Å². The Morgan fingerprint density at radius 1 is 1.12 bits per heavy atom. The molecule has 0 bridgehead atoms. The van der Waals surface area contributed by atoms with Crippen LogP contribution in [0.3, 0.4) is 0 Å². The quantitative estimate of drug-likeness (QED) is 0.758. The molecule has 2 rings (SSSR count). The first-order chi connectivity index (χ1) is 8.29. The van der Waals surface area contributed by atoms with Crippen molar-refractivity contribution in [3.05, 3.63) is 47.4 Å². The predicted molar refractivity (Wildman–Crippen MR) is 71.1 cm³/mol. The number of hydrogen-bond acceptors (Lipinski definition) is 2. The van der Waals surface area contributed by atoms with E-state index >= 15 is 0 Å². The van der Waals surface area contributed by atoms with E-state index in [1.165, 1.54) is 18.4 Å². The molecule has 0 spiro atoms. The standard InChI is InChI=1S/C14H15ClN2/c1-2-3-4-11-5-7-12(8-6-11)13-9-10-16-14(15)17-13/h5-10H,2-4H2,1H3. The molecule has 0 radical (unpaired) electrons. The van der Waals surface area contributed by atoms with Gasteiger partial charge in [0, 0.05) is 11.8 Å². The number of aryl methyl sites for hydroxylation is 1. The summed E-state index contributed by atoms with van der Waals surface area (Å²) in [6, 6.07) is 10.3. The molecule has 1 heterocycles. The van der Waals surface area contributed by atoms with Crippen molar-refractivity contribution in [2.24, 2.45) is 0 Å². The van der Waals surface area contributed by atoms with Crippen LogP contribution in [-0.2, 0) is 6.42 Å². The Morgan fingerprint density at radius 2 is 1.88 bits per heavy atom. The van der Waals surface area contributed by atoms with Crippen LogP contribution < -0.4 is 0 Å². The number of nitrogens with zero attached hydrogens (tertiary/aromatic N) is 2. The van der Waals surface area contributed by atoms with Crippen molar-refractivity contribution in [1.29, 1.82) is 0 Å². The highest BCUT2D eigenvalue weighted by Crippen LogP contribution is 2.18. The maximum atomic E-state index is 5.77. The second kappa shape index (κ2) is 5.78. The molecule has 0 unspecified atom stereocenters. The van der Waals surface area contributed by atoms with E-state index in [2.05, 4.69) is 41.2 Å². The zero-order valence-corrected chi connectivity index (χ0v) is 10.6. The molecule has 2 nitrogen and oxygen atoms in total. The van der Waals surface area contributed by atoms with Crippen molar-refractivity contribution in [2.75, 3.05) is 0 Å². The molecule has 0 fully saturated rings. The zero-order chi connectivity index (χ0) is 12.1. The zero-order valence-electron chi connectivity index (χ0n) is 9.86. The smallest absolute Gasteiger partial charge is 0.222 e. The van der Waals surface area contributed by atoms with Gasteiger partial charge in [0.1, 0.15) is 0 Å². The SMILES string of the molecule is CCCCc1ccc(-c2ccnc(Cl)n2)cc1. The summed E-state index contributed by atoms with van der Waals surface area (Å²) >= 11 is 5.77. The molecule has 2 aromatic rings. The lowest BCUT2D eigenvalue weighted by Crippen LogP contribution is -1.88. The summed E-state index contributed by atoms with van der Waals surface area (Å²) in [7, 11) is 0. The topological polar surface area (TPSA) is 25.8 Å². The van der Waals surface area contributed by atoms with E-state index < -0.39 is 0 Å². The van der Waals surface area contributed by atoms with Crippen LogP contribution in [0, 0.1) is 0 Å². The molecule has 17 heavy (non-hydrogen) atoms. The average Bonchev–Trinajstić information content (AvgIpc) is 2.37. The van der Waals surface area contributed by atoms with Crippen LogP contribution in [0.25, 0.3) is 11.3 Å². The van der Waals surface area contributed by atoms with Gasteiger partial charge in [-0.25, -0.2) is 9.97 Å². The van der Waals surface area contributed by atoms with E-state index in [1.807, 2.05) is 6.07 Å². The Hall–Kier alpha value is -1.41. The third-order valence-corrected chi connectivity index (χ3v) is 2.88. The van der Waals surface area contributed by atoms with Crippen LogP contribution in [0.1, 0.15) is 25.3 Å². The minimum absolute atomic E-state index is 0.289. The molecule has 0 atom stereocenters. The lowest BCUT2D eigenvalue weighted by atomic mass is 10.0. The fraction of sp³-hybridized carbons (Fsp3) is 0.286. The molecule has 88 valence electrons. The largest absolute Gasteiger partial charge is 0.226 e. The van der Waals surface area contributed by atoms with Crippen molar-refractivity contribution in [3.8, 4) is 11.3 Å². The monoisotopic (exact) mass is 246 g/mol. The third kappa shape index (κ3) is 3.27. The molecule has 1 aromatic heterocycles. The highest BCUT2D eigenvalue weighted by atomic mass is 35.5. The second-order valence-electron chi connectivity index (χ2n) is 4.01. The normalized spacial score (nSPS) is 10.5. The van der Waals surface area contributed by atoms with Gasteiger partial charge >= 0.3 is 0 Å². The molecule has 0 aliphatic carbocycles. The lowest BCUT2D eigenvalue weighted by molar-refractivity contribution is 0.795. The molecule has 0 aliphatic rings. The van der Waals surface area contributed by atoms with Crippen molar-refractivity contribution in [2.45, 2.75) is 26.2 Å². The molecule has 0 saturated heterocycles. The van der Waals surface area contributed by atoms with Crippen molar-refractivity contribution in [1.82, 2.24) is 9.97 Å². The summed E-state index contributed by atoms with van der Waals surface area (Å²) in [6.45, 7) is 2.21. The van der Waals surface area contributed by atoms with Gasteiger partial charge in [-0.2, -0.15) is 0 Å². The first-order valence-electron chi connectivity index (χ1n) is 5.87. The summed E-state index contributed by atoms with van der Waals surface area (Å²) in [6.07, 6.45) is 5.28. The van der Waals surface area contributed by atoms with Crippen LogP contribution in [0.5, 0.6) is 0 Å². The minimum atomic E-state index is 0.289. The fourth-order valence-corrected chi connectivity index (χ4v) is 1.87. The van der Waals surface area contributed by atoms with E-state index in [4.69, 9.17) is 11.6 Å². The highest BCUT2D eigenvalue weighted by molar-refractivity contribution is 6.28. The van der Waals surface area contributed by atoms with Crippen LogP contribution in [0.4, 0.5) is 0 Å². The molecular formula is C14H15ClN2. The Kier molecular flexibility index (Phi) is 4.10. The number of aromatic nitrogens is 2. The van der Waals surface area contributed by atoms with Gasteiger partial charge in [-0.05, 0) is 36.1 Å². The van der Waals surface area contributed by atoms with Gasteiger partial charge in [0.05, 0.1) is 5.69 Å². The maximum absolute atomic E-state index is 5.77. The van der Waals surface area contributed by atoms with Crippen molar-refractivity contribution >= 4 is 11.6 Å². The van der Waals surface area contributed by atoms with Gasteiger partial charge in [-0.3, -0.25) is 0 Å². The Bertz CT molecular complexity index is 480. The molecule has 3 heteroatoms. The van der Waals surface area contributed by atoms with Gasteiger partial charge in [0.15, 0.2) is 0 Å². The first-order valence-corrected chi connectivity index (χ1v) is 6.25. The van der Waals surface area contributed by atoms with E-state index in [9.17, 15) is 0 Å². The Balaban J connectivity index is 2.17. The number of halogens is 1. The first kappa shape index (κ1) is 12.1. The average molecular weight is 247 g/mol. The summed E-state index contributed by atoms with van der Waals surface area (Å²) in [5, 5.41) is 0.289. The van der Waals surface area contributed by atoms with Crippen LogP contribution in [0.15, 0.2) is 36.5 Å². The fourth-order valence-electron chi connectivity index (χ4n) is 1.72. The maximum Gasteiger partial charge on any atom is 0.222 e. The molecule has 0 N–H and O–H groups in total. The lowest BCUT2D eigenvalue weighted by Gasteiger charge is -2.03. The van der Waals surface area contributed by atoms with Crippen LogP contribution >= 0.6 is 11.6 Å². The summed E-state index contributed by atoms with van der Waals surface area (Å²) in [5.74, 6) is 0. The summed E-state index contributed by atoms with van der Waals surface area (Å²) in [4.78, 5) is 8.07. The van der Waals surface area contributed by atoms with Crippen LogP contribution in [0.2, 0.25) is 5.28 Å². The van der Waals surface area contributed by atoms with E-state index in [0.29, 0.717) is 0 Å². The van der Waals surface area contributed by atoms with Gasteiger partial charge in [0.25, 0.3) is 0 Å². The summed E-state index contributed by atoms with van der Waals surface area (Å²) in [5.41, 5.74) is 3.32. The Morgan fingerprint density at radius 3 is 2.53 bits per heavy atom. The van der Waals surface area contributed by atoms with Gasteiger partial charge in [-0.1, -0.05) is 37.6 Å².